The third kappa shape index (κ3) is 3.20. The molecule has 4 heteroatoms. The Hall–Kier alpha value is -2.13. The van der Waals surface area contributed by atoms with Crippen molar-refractivity contribution in [3.8, 4) is 29.9 Å². The van der Waals surface area contributed by atoms with E-state index in [-0.39, 0.29) is 0 Å². The van der Waals surface area contributed by atoms with E-state index in [4.69, 9.17) is 39.6 Å². The zero-order chi connectivity index (χ0) is 13.8. The minimum absolute atomic E-state index is 0.409. The summed E-state index contributed by atoms with van der Waals surface area (Å²) in [6, 6.07) is 11.7. The molecule has 0 aromatic heterocycles. The summed E-state index contributed by atoms with van der Waals surface area (Å²) in [4.78, 5) is 0. The van der Waals surface area contributed by atoms with Gasteiger partial charge in [-0.1, -0.05) is 29.1 Å². The number of ether oxygens (including phenoxy) is 1. The molecule has 0 unspecified atom stereocenters. The van der Waals surface area contributed by atoms with Gasteiger partial charge in [0, 0.05) is 10.6 Å². The topological polar surface area (TPSA) is 33.0 Å². The van der Waals surface area contributed by atoms with Crippen LogP contribution in [0.2, 0.25) is 10.0 Å². The first-order chi connectivity index (χ1) is 9.12. The van der Waals surface area contributed by atoms with Crippen LogP contribution in [-0.4, -0.2) is 0 Å². The van der Waals surface area contributed by atoms with Gasteiger partial charge in [0.2, 0.25) is 0 Å². The third-order valence-corrected chi connectivity index (χ3v) is 2.86. The van der Waals surface area contributed by atoms with Crippen molar-refractivity contribution in [2.24, 2.45) is 0 Å². The number of rotatable bonds is 2. The highest BCUT2D eigenvalue weighted by Gasteiger charge is 2.06. The molecular weight excluding hydrogens is 281 g/mol. The standard InChI is InChI=1S/C15H7Cl2NO/c1-2-10-3-4-14(17)15(7-10)19-13-6-11(9-18)5-12(16)8-13/h1,3-8H. The molecule has 19 heavy (non-hydrogen) atoms. The maximum Gasteiger partial charge on any atom is 0.147 e. The largest absolute Gasteiger partial charge is 0.456 e. The summed E-state index contributed by atoms with van der Waals surface area (Å²) in [5.41, 5.74) is 1.06. The fourth-order valence-corrected chi connectivity index (χ4v) is 1.87. The van der Waals surface area contributed by atoms with E-state index in [0.29, 0.717) is 32.7 Å². The lowest BCUT2D eigenvalue weighted by molar-refractivity contribution is 0.482. The van der Waals surface area contributed by atoms with Crippen LogP contribution in [-0.2, 0) is 0 Å². The molecule has 2 rings (SSSR count). The third-order valence-electron chi connectivity index (χ3n) is 2.33. The van der Waals surface area contributed by atoms with E-state index in [1.54, 1.807) is 36.4 Å². The first kappa shape index (κ1) is 13.3. The number of nitriles is 1. The summed E-state index contributed by atoms with van der Waals surface area (Å²) >= 11 is 11.9. The van der Waals surface area contributed by atoms with E-state index in [0.717, 1.165) is 0 Å². The number of terminal acetylenes is 1. The monoisotopic (exact) mass is 287 g/mol. The zero-order valence-corrected chi connectivity index (χ0v) is 11.2. The Balaban J connectivity index is 2.39. The Morgan fingerprint density at radius 2 is 1.84 bits per heavy atom. The molecule has 92 valence electrons. The molecule has 0 bridgehead atoms. The second kappa shape index (κ2) is 5.67. The van der Waals surface area contributed by atoms with Crippen molar-refractivity contribution in [3.05, 3.63) is 57.6 Å². The molecule has 0 radical (unpaired) electrons. The van der Waals surface area contributed by atoms with Gasteiger partial charge in [-0.3, -0.25) is 0 Å². The molecule has 0 aliphatic heterocycles. The molecule has 0 atom stereocenters. The van der Waals surface area contributed by atoms with Crippen molar-refractivity contribution in [1.82, 2.24) is 0 Å². The highest BCUT2D eigenvalue weighted by atomic mass is 35.5. The molecule has 2 aromatic carbocycles. The van der Waals surface area contributed by atoms with E-state index < -0.39 is 0 Å². The highest BCUT2D eigenvalue weighted by Crippen LogP contribution is 2.31. The number of halogens is 2. The van der Waals surface area contributed by atoms with E-state index in [1.807, 2.05) is 6.07 Å². The Morgan fingerprint density at radius 1 is 1.05 bits per heavy atom. The first-order valence-electron chi connectivity index (χ1n) is 5.27. The van der Waals surface area contributed by atoms with Crippen LogP contribution in [0, 0.1) is 23.7 Å². The van der Waals surface area contributed by atoms with Gasteiger partial charge in [0.15, 0.2) is 0 Å². The molecule has 0 saturated heterocycles. The Morgan fingerprint density at radius 3 is 2.53 bits per heavy atom. The fourth-order valence-electron chi connectivity index (χ4n) is 1.48. The normalized spacial score (nSPS) is 9.47. The molecule has 0 N–H and O–H groups in total. The van der Waals surface area contributed by atoms with Crippen LogP contribution in [0.15, 0.2) is 36.4 Å². The van der Waals surface area contributed by atoms with Crippen LogP contribution in [0.4, 0.5) is 0 Å². The second-order valence-corrected chi connectivity index (χ2v) is 4.52. The van der Waals surface area contributed by atoms with Gasteiger partial charge < -0.3 is 4.74 Å². The van der Waals surface area contributed by atoms with E-state index in [2.05, 4.69) is 5.92 Å². The van der Waals surface area contributed by atoms with Crippen molar-refractivity contribution < 1.29 is 4.74 Å². The molecular formula is C15H7Cl2NO. The quantitative estimate of drug-likeness (QED) is 0.754. The van der Waals surface area contributed by atoms with Gasteiger partial charge >= 0.3 is 0 Å². The zero-order valence-electron chi connectivity index (χ0n) is 9.65. The van der Waals surface area contributed by atoms with Gasteiger partial charge in [-0.2, -0.15) is 5.26 Å². The number of benzene rings is 2. The number of hydrogen-bond donors (Lipinski definition) is 0. The Kier molecular flexibility index (Phi) is 3.97. The predicted octanol–water partition coefficient (Wildman–Crippen LogP) is 4.64. The van der Waals surface area contributed by atoms with E-state index in [1.165, 1.54) is 0 Å². The van der Waals surface area contributed by atoms with Crippen molar-refractivity contribution in [2.75, 3.05) is 0 Å². The molecule has 0 spiro atoms. The smallest absolute Gasteiger partial charge is 0.147 e. The molecule has 0 amide bonds. The van der Waals surface area contributed by atoms with E-state index >= 15 is 0 Å². The average Bonchev–Trinajstić information content (AvgIpc) is 2.40. The predicted molar refractivity (Wildman–Crippen MR) is 75.6 cm³/mol. The molecule has 0 heterocycles. The molecule has 0 aliphatic carbocycles. The van der Waals surface area contributed by atoms with Crippen LogP contribution in [0.25, 0.3) is 0 Å². The van der Waals surface area contributed by atoms with Gasteiger partial charge in [0.05, 0.1) is 16.7 Å². The van der Waals surface area contributed by atoms with Crippen molar-refractivity contribution in [2.45, 2.75) is 0 Å². The average molecular weight is 288 g/mol. The summed E-state index contributed by atoms with van der Waals surface area (Å²) in [6.45, 7) is 0. The van der Waals surface area contributed by atoms with Crippen molar-refractivity contribution >= 4 is 23.2 Å². The molecule has 0 aliphatic rings. The lowest BCUT2D eigenvalue weighted by atomic mass is 10.2. The highest BCUT2D eigenvalue weighted by molar-refractivity contribution is 6.32. The molecule has 0 saturated carbocycles. The van der Waals surface area contributed by atoms with Crippen molar-refractivity contribution in [1.29, 1.82) is 5.26 Å². The Bertz CT molecular complexity index is 711. The first-order valence-corrected chi connectivity index (χ1v) is 6.02. The maximum atomic E-state index is 8.87. The number of hydrogen-bond acceptors (Lipinski definition) is 2. The van der Waals surface area contributed by atoms with Crippen LogP contribution in [0.1, 0.15) is 11.1 Å². The minimum Gasteiger partial charge on any atom is -0.456 e. The van der Waals surface area contributed by atoms with E-state index in [9.17, 15) is 0 Å². The summed E-state index contributed by atoms with van der Waals surface area (Å²) in [5.74, 6) is 3.35. The van der Waals surface area contributed by atoms with Crippen molar-refractivity contribution in [3.63, 3.8) is 0 Å². The van der Waals surface area contributed by atoms with Crippen LogP contribution >= 0.6 is 23.2 Å². The van der Waals surface area contributed by atoms with Gasteiger partial charge in [-0.05, 0) is 36.4 Å². The van der Waals surface area contributed by atoms with Crippen LogP contribution < -0.4 is 4.74 Å². The summed E-state index contributed by atoms with van der Waals surface area (Å²) in [7, 11) is 0. The van der Waals surface area contributed by atoms with Gasteiger partial charge in [-0.15, -0.1) is 6.42 Å². The lowest BCUT2D eigenvalue weighted by Gasteiger charge is -2.08. The van der Waals surface area contributed by atoms with Crippen LogP contribution in [0.5, 0.6) is 11.5 Å². The second-order valence-electron chi connectivity index (χ2n) is 3.68. The minimum atomic E-state index is 0.409. The number of nitrogens with zero attached hydrogens (tertiary/aromatic N) is 1. The summed E-state index contributed by atoms with van der Waals surface area (Å²) in [6.07, 6.45) is 5.32. The summed E-state index contributed by atoms with van der Waals surface area (Å²) in [5, 5.41) is 9.72. The molecule has 2 aromatic rings. The van der Waals surface area contributed by atoms with Gasteiger partial charge in [0.25, 0.3) is 0 Å². The SMILES string of the molecule is C#Cc1ccc(Cl)c(Oc2cc(Cl)cc(C#N)c2)c1. The maximum absolute atomic E-state index is 8.87. The Labute approximate surface area is 121 Å². The van der Waals surface area contributed by atoms with Gasteiger partial charge in [-0.25, -0.2) is 0 Å². The van der Waals surface area contributed by atoms with Crippen LogP contribution in [0.3, 0.4) is 0 Å². The summed E-state index contributed by atoms with van der Waals surface area (Å²) < 4.78 is 5.61. The molecule has 2 nitrogen and oxygen atoms in total. The molecule has 0 fully saturated rings. The van der Waals surface area contributed by atoms with Gasteiger partial charge in [0.1, 0.15) is 11.5 Å². The fraction of sp³-hybridized carbons (Fsp3) is 0. The lowest BCUT2D eigenvalue weighted by Crippen LogP contribution is -1.88.